The number of hydrogen-bond acceptors (Lipinski definition) is 4. The molecule has 0 radical (unpaired) electrons. The summed E-state index contributed by atoms with van der Waals surface area (Å²) in [6.07, 6.45) is 3.13. The van der Waals surface area contributed by atoms with Gasteiger partial charge in [-0.2, -0.15) is 0 Å². The van der Waals surface area contributed by atoms with Gasteiger partial charge in [-0.15, -0.1) is 6.58 Å². The monoisotopic (exact) mass is 327 g/mol. The van der Waals surface area contributed by atoms with Crippen LogP contribution < -0.4 is 15.5 Å². The number of hydrogen-bond donors (Lipinski definition) is 2. The third kappa shape index (κ3) is 2.59. The number of nitrogens with one attached hydrogen (secondary N) is 2. The van der Waals surface area contributed by atoms with Crippen LogP contribution in [0.3, 0.4) is 0 Å². The Labute approximate surface area is 143 Å². The van der Waals surface area contributed by atoms with Crippen LogP contribution in [0.2, 0.25) is 0 Å². The SMILES string of the molecule is C=CCC1=C(C)NC2C(c3ccccc3OC)C(CC)NN2C1=O. The third-order valence-corrected chi connectivity index (χ3v) is 4.94. The van der Waals surface area contributed by atoms with E-state index in [-0.39, 0.29) is 24.0 Å². The van der Waals surface area contributed by atoms with Gasteiger partial charge >= 0.3 is 0 Å². The van der Waals surface area contributed by atoms with E-state index in [1.807, 2.05) is 25.1 Å². The van der Waals surface area contributed by atoms with E-state index in [9.17, 15) is 4.79 Å². The van der Waals surface area contributed by atoms with Gasteiger partial charge < -0.3 is 10.1 Å². The van der Waals surface area contributed by atoms with Gasteiger partial charge in [-0.3, -0.25) is 9.80 Å². The van der Waals surface area contributed by atoms with E-state index in [1.165, 1.54) is 0 Å². The van der Waals surface area contributed by atoms with Crippen LogP contribution in [0.1, 0.15) is 38.2 Å². The van der Waals surface area contributed by atoms with Crippen LogP contribution in [0.4, 0.5) is 0 Å². The van der Waals surface area contributed by atoms with Gasteiger partial charge in [-0.05, 0) is 25.8 Å². The molecule has 1 aromatic rings. The van der Waals surface area contributed by atoms with E-state index in [2.05, 4.69) is 30.3 Å². The van der Waals surface area contributed by atoms with Gasteiger partial charge in [-0.1, -0.05) is 31.2 Å². The van der Waals surface area contributed by atoms with E-state index < -0.39 is 0 Å². The summed E-state index contributed by atoms with van der Waals surface area (Å²) in [5.41, 5.74) is 6.21. The molecule has 2 N–H and O–H groups in total. The third-order valence-electron chi connectivity index (χ3n) is 4.94. The number of carbonyl (C=O) groups excluding carboxylic acids is 1. The van der Waals surface area contributed by atoms with Crippen LogP contribution >= 0.6 is 0 Å². The highest BCUT2D eigenvalue weighted by Crippen LogP contribution is 2.39. The largest absolute Gasteiger partial charge is 0.496 e. The Kier molecular flexibility index (Phi) is 4.62. The first kappa shape index (κ1) is 16.6. The standard InChI is InChI=1S/C19H25N3O2/c1-5-9-13-12(3)20-18-17(14-10-7-8-11-16(14)24-4)15(6-2)21-22(18)19(13)23/h5,7-8,10-11,15,17-18,20-21H,1,6,9H2,2-4H3. The molecule has 2 aliphatic rings. The molecule has 0 saturated carbocycles. The molecule has 1 saturated heterocycles. The highest BCUT2D eigenvalue weighted by molar-refractivity contribution is 5.95. The Morgan fingerprint density at radius 2 is 2.12 bits per heavy atom. The van der Waals surface area contributed by atoms with Gasteiger partial charge in [0.05, 0.1) is 7.11 Å². The fraction of sp³-hybridized carbons (Fsp3) is 0.421. The molecule has 1 amide bonds. The molecule has 3 rings (SSSR count). The molecule has 3 atom stereocenters. The highest BCUT2D eigenvalue weighted by Gasteiger charge is 2.47. The smallest absolute Gasteiger partial charge is 0.267 e. The van der Waals surface area contributed by atoms with Crippen LogP contribution in [-0.4, -0.2) is 30.2 Å². The van der Waals surface area contributed by atoms with Crippen molar-refractivity contribution in [2.45, 2.75) is 44.8 Å². The normalized spacial score (nSPS) is 26.2. The average molecular weight is 327 g/mol. The summed E-state index contributed by atoms with van der Waals surface area (Å²) < 4.78 is 5.56. The number of fused-ring (bicyclic) bond motifs is 1. The Morgan fingerprint density at radius 3 is 2.79 bits per heavy atom. The minimum atomic E-state index is -0.118. The molecule has 1 fully saturated rings. The van der Waals surface area contributed by atoms with Gasteiger partial charge in [0.1, 0.15) is 11.9 Å². The molecular formula is C19H25N3O2. The molecule has 1 aromatic carbocycles. The number of amides is 1. The molecule has 24 heavy (non-hydrogen) atoms. The van der Waals surface area contributed by atoms with Crippen molar-refractivity contribution in [2.24, 2.45) is 0 Å². The number of hydrazine groups is 1. The topological polar surface area (TPSA) is 53.6 Å². The fourth-order valence-corrected chi connectivity index (χ4v) is 3.73. The zero-order valence-corrected chi connectivity index (χ0v) is 14.5. The predicted molar refractivity (Wildman–Crippen MR) is 94.2 cm³/mol. The Hall–Kier alpha value is -2.27. The first-order chi connectivity index (χ1) is 11.6. The minimum Gasteiger partial charge on any atom is -0.496 e. The van der Waals surface area contributed by atoms with Gasteiger partial charge in [0.25, 0.3) is 5.91 Å². The number of allylic oxidation sites excluding steroid dienone is 2. The van der Waals surface area contributed by atoms with E-state index in [1.54, 1.807) is 18.2 Å². The lowest BCUT2D eigenvalue weighted by molar-refractivity contribution is -0.132. The second-order valence-electron chi connectivity index (χ2n) is 6.27. The lowest BCUT2D eigenvalue weighted by Crippen LogP contribution is -2.54. The molecule has 5 nitrogen and oxygen atoms in total. The van der Waals surface area contributed by atoms with Crippen molar-refractivity contribution in [3.05, 3.63) is 53.8 Å². The predicted octanol–water partition coefficient (Wildman–Crippen LogP) is 2.68. The van der Waals surface area contributed by atoms with Crippen molar-refractivity contribution in [1.82, 2.24) is 15.8 Å². The quantitative estimate of drug-likeness (QED) is 0.817. The van der Waals surface area contributed by atoms with Gasteiger partial charge in [0, 0.05) is 28.8 Å². The summed E-state index contributed by atoms with van der Waals surface area (Å²) in [6.45, 7) is 7.85. The highest BCUT2D eigenvalue weighted by atomic mass is 16.5. The van der Waals surface area contributed by atoms with Crippen LogP contribution in [0.15, 0.2) is 48.2 Å². The Balaban J connectivity index is 2.02. The van der Waals surface area contributed by atoms with Gasteiger partial charge in [-0.25, -0.2) is 5.43 Å². The molecule has 0 aromatic heterocycles. The number of nitrogens with zero attached hydrogens (tertiary/aromatic N) is 1. The lowest BCUT2D eigenvalue weighted by atomic mass is 9.87. The van der Waals surface area contributed by atoms with Crippen molar-refractivity contribution in [2.75, 3.05) is 7.11 Å². The summed E-state index contributed by atoms with van der Waals surface area (Å²) in [7, 11) is 1.69. The fourth-order valence-electron chi connectivity index (χ4n) is 3.73. The average Bonchev–Trinajstić information content (AvgIpc) is 2.97. The molecule has 0 spiro atoms. The van der Waals surface area contributed by atoms with Crippen molar-refractivity contribution >= 4 is 5.91 Å². The summed E-state index contributed by atoms with van der Waals surface area (Å²) in [5, 5.41) is 5.27. The maximum absolute atomic E-state index is 12.9. The summed E-state index contributed by atoms with van der Waals surface area (Å²) >= 11 is 0. The minimum absolute atomic E-state index is 0.0343. The van der Waals surface area contributed by atoms with Gasteiger partial charge in [0.15, 0.2) is 0 Å². The molecule has 0 aliphatic carbocycles. The lowest BCUT2D eigenvalue weighted by Gasteiger charge is -2.35. The number of para-hydroxylation sites is 1. The Morgan fingerprint density at radius 1 is 1.38 bits per heavy atom. The van der Waals surface area contributed by atoms with E-state index in [0.29, 0.717) is 6.42 Å². The van der Waals surface area contributed by atoms with Crippen molar-refractivity contribution in [3.8, 4) is 5.75 Å². The maximum Gasteiger partial charge on any atom is 0.267 e. The second-order valence-corrected chi connectivity index (χ2v) is 6.27. The van der Waals surface area contributed by atoms with E-state index in [4.69, 9.17) is 4.74 Å². The number of benzene rings is 1. The maximum atomic E-state index is 12.9. The van der Waals surface area contributed by atoms with E-state index in [0.717, 1.165) is 29.0 Å². The molecule has 2 aliphatic heterocycles. The zero-order valence-electron chi connectivity index (χ0n) is 14.5. The Bertz CT molecular complexity index is 683. The molecule has 5 heteroatoms. The second kappa shape index (κ2) is 6.69. The summed E-state index contributed by atoms with van der Waals surface area (Å²) in [4.78, 5) is 12.9. The van der Waals surface area contributed by atoms with Crippen LogP contribution in [0.5, 0.6) is 5.75 Å². The molecule has 2 heterocycles. The van der Waals surface area contributed by atoms with Crippen molar-refractivity contribution in [3.63, 3.8) is 0 Å². The first-order valence-corrected chi connectivity index (χ1v) is 8.42. The van der Waals surface area contributed by atoms with Gasteiger partial charge in [0.2, 0.25) is 0 Å². The van der Waals surface area contributed by atoms with Crippen molar-refractivity contribution in [1.29, 1.82) is 0 Å². The number of methoxy groups -OCH3 is 1. The molecule has 3 unspecified atom stereocenters. The molecule has 128 valence electrons. The van der Waals surface area contributed by atoms with Crippen LogP contribution in [-0.2, 0) is 4.79 Å². The van der Waals surface area contributed by atoms with Crippen LogP contribution in [0.25, 0.3) is 0 Å². The number of ether oxygens (including phenoxy) is 1. The number of carbonyl (C=O) groups is 1. The van der Waals surface area contributed by atoms with Crippen molar-refractivity contribution < 1.29 is 9.53 Å². The van der Waals surface area contributed by atoms with E-state index >= 15 is 0 Å². The summed E-state index contributed by atoms with van der Waals surface area (Å²) in [6, 6.07) is 8.21. The summed E-state index contributed by atoms with van der Waals surface area (Å²) in [5.74, 6) is 1.01. The van der Waals surface area contributed by atoms with Crippen LogP contribution in [0, 0.1) is 0 Å². The first-order valence-electron chi connectivity index (χ1n) is 8.42. The molecular weight excluding hydrogens is 302 g/mol. The number of rotatable bonds is 5. The molecule has 0 bridgehead atoms. The zero-order chi connectivity index (χ0) is 17.3.